The number of hydrogen-bond donors (Lipinski definition) is 0. The van der Waals surface area contributed by atoms with Gasteiger partial charge in [0.2, 0.25) is 0 Å². The molecule has 0 aromatic heterocycles. The van der Waals surface area contributed by atoms with E-state index in [-0.39, 0.29) is 5.92 Å². The Balaban J connectivity index is -0.000000109. The van der Waals surface area contributed by atoms with Crippen molar-refractivity contribution in [2.75, 3.05) is 0 Å². The zero-order chi connectivity index (χ0) is 48.3. The first-order valence-electron chi connectivity index (χ1n) is 23.3. The van der Waals surface area contributed by atoms with E-state index in [1.165, 1.54) is 65.5 Å². The molecule has 2 aromatic carbocycles. The molecule has 0 spiro atoms. The Bertz CT molecular complexity index is 1310. The first-order chi connectivity index (χ1) is 27.4. The van der Waals surface area contributed by atoms with Gasteiger partial charge in [0.05, 0.1) is 0 Å². The minimum Gasteiger partial charge on any atom is -0.244 e. The lowest BCUT2D eigenvalue weighted by Crippen LogP contribution is -2.26. The van der Waals surface area contributed by atoms with Crippen LogP contribution in [0.3, 0.4) is 0 Å². The third kappa shape index (κ3) is 47.4. The van der Waals surface area contributed by atoms with Crippen LogP contribution in [0.2, 0.25) is 0 Å². The van der Waals surface area contributed by atoms with Gasteiger partial charge in [0.25, 0.3) is 0 Å². The molecular formula is C58H105F. The summed E-state index contributed by atoms with van der Waals surface area (Å²) in [5, 5.41) is 0. The molecular weight excluding hydrogens is 716 g/mol. The molecule has 0 fully saturated rings. The summed E-state index contributed by atoms with van der Waals surface area (Å²) in [7, 11) is 0. The van der Waals surface area contributed by atoms with Crippen LogP contribution >= 0.6 is 0 Å². The van der Waals surface area contributed by atoms with Crippen molar-refractivity contribution in [3.63, 3.8) is 0 Å². The molecule has 0 aliphatic rings. The maximum Gasteiger partial charge on any atom is 0.110 e. The van der Waals surface area contributed by atoms with E-state index in [0.717, 1.165) is 41.0 Å². The highest BCUT2D eigenvalue weighted by Gasteiger charge is 2.27. The van der Waals surface area contributed by atoms with E-state index in [1.54, 1.807) is 6.92 Å². The SMILES string of the molecule is C#Cc1cc(C(=C)/C=C\C)ccc1C.C=C(C)C.C=C(C)C(C)C.CC.CC.CCCC(C)C.CCCC(C)C(C)(F)CC.CCCCC.Cc1ccc(C)c(C)c1C. The number of hydrogen-bond acceptors (Lipinski definition) is 0. The average molecular weight is 821 g/mol. The second-order valence-electron chi connectivity index (χ2n) is 16.2. The summed E-state index contributed by atoms with van der Waals surface area (Å²) in [4.78, 5) is 0. The number of terminal acetylenes is 1. The molecule has 0 amide bonds. The summed E-state index contributed by atoms with van der Waals surface area (Å²) in [6.45, 7) is 61.1. The number of aryl methyl sites for hydroxylation is 3. The Labute approximate surface area is 374 Å². The van der Waals surface area contributed by atoms with Gasteiger partial charge in [-0.1, -0.05) is 202 Å². The molecule has 2 unspecified atom stereocenters. The number of halogens is 1. The lowest BCUT2D eigenvalue weighted by molar-refractivity contribution is 0.101. The van der Waals surface area contributed by atoms with Crippen LogP contribution in [0.15, 0.2) is 73.4 Å². The highest BCUT2D eigenvalue weighted by Crippen LogP contribution is 2.28. The molecule has 1 heteroatoms. The van der Waals surface area contributed by atoms with E-state index in [1.807, 2.05) is 107 Å². The summed E-state index contributed by atoms with van der Waals surface area (Å²) in [5.74, 6) is 4.43. The third-order valence-electron chi connectivity index (χ3n) is 9.46. The van der Waals surface area contributed by atoms with Crippen molar-refractivity contribution < 1.29 is 4.39 Å². The maximum absolute atomic E-state index is 13.4. The molecule has 2 aromatic rings. The predicted octanol–water partition coefficient (Wildman–Crippen LogP) is 20.5. The van der Waals surface area contributed by atoms with Crippen LogP contribution in [-0.2, 0) is 0 Å². The molecule has 0 N–H and O–H groups in total. The van der Waals surface area contributed by atoms with Gasteiger partial charge < -0.3 is 0 Å². The number of unbranched alkanes of at least 4 members (excludes halogenated alkanes) is 2. The van der Waals surface area contributed by atoms with Crippen LogP contribution in [0.5, 0.6) is 0 Å². The van der Waals surface area contributed by atoms with Crippen molar-refractivity contribution in [3.8, 4) is 12.3 Å². The maximum atomic E-state index is 13.4. The Morgan fingerprint density at radius 1 is 0.712 bits per heavy atom. The lowest BCUT2D eigenvalue weighted by Gasteiger charge is -2.25. The van der Waals surface area contributed by atoms with Crippen LogP contribution in [0, 0.1) is 64.7 Å². The summed E-state index contributed by atoms with van der Waals surface area (Å²) >= 11 is 0. The first kappa shape index (κ1) is 70.4. The monoisotopic (exact) mass is 821 g/mol. The van der Waals surface area contributed by atoms with Crippen LogP contribution in [0.1, 0.15) is 222 Å². The number of rotatable bonds is 11. The molecule has 0 heterocycles. The van der Waals surface area contributed by atoms with E-state index in [0.29, 0.717) is 12.3 Å². The molecule has 2 rings (SSSR count). The van der Waals surface area contributed by atoms with Crippen molar-refractivity contribution >= 4 is 5.57 Å². The van der Waals surface area contributed by atoms with Gasteiger partial charge >= 0.3 is 0 Å². The van der Waals surface area contributed by atoms with Gasteiger partial charge in [-0.05, 0) is 145 Å². The second-order valence-corrected chi connectivity index (χ2v) is 16.2. The standard InChI is InChI=1S/C14H14.C10H14.C9H19F.C6H12.C6H14.C5H12.C4H8.2C2H6/c1-5-7-11(3)14-9-8-12(4)13(6-2)10-14;1-7-5-6-8(2)10(4)9(7)3;1-5-7-8(3)9(4,10)6-2;1-5(2)6(3)4;1-4-5-6(2)3;1-3-5-4-2;1-4(2)3;2*1-2/h2,5,7-10H,3H2,1,4H3;5-6H,1-4H3;8H,5-7H2,1-4H3;6H,1H2,2-4H3;6H,4-5H2,1-3H3;3-5H2,1-2H3;1H2,2-3H3;2*1-2H3/b7-5-;;;;;;;;. The summed E-state index contributed by atoms with van der Waals surface area (Å²) in [6, 6.07) is 10.4. The fraction of sp³-hybridized carbons (Fsp3) is 0.621. The van der Waals surface area contributed by atoms with E-state index in [2.05, 4.69) is 121 Å². The molecule has 0 bridgehead atoms. The molecule has 2 atom stereocenters. The van der Waals surface area contributed by atoms with Crippen molar-refractivity contribution in [1.82, 2.24) is 0 Å². The molecule has 0 aliphatic heterocycles. The van der Waals surface area contributed by atoms with Crippen LogP contribution in [0.25, 0.3) is 5.57 Å². The van der Waals surface area contributed by atoms with Crippen molar-refractivity contribution in [1.29, 1.82) is 0 Å². The molecule has 0 radical (unpaired) electrons. The van der Waals surface area contributed by atoms with Gasteiger partial charge in [0.15, 0.2) is 0 Å². The molecule has 0 saturated heterocycles. The zero-order valence-electron chi connectivity index (χ0n) is 44.5. The van der Waals surface area contributed by atoms with E-state index in [9.17, 15) is 4.39 Å². The quantitative estimate of drug-likeness (QED) is 0.120. The predicted molar refractivity (Wildman–Crippen MR) is 280 cm³/mol. The van der Waals surface area contributed by atoms with Gasteiger partial charge in [0, 0.05) is 5.56 Å². The minimum atomic E-state index is -0.948. The first-order valence-corrected chi connectivity index (χ1v) is 23.3. The van der Waals surface area contributed by atoms with Gasteiger partial charge in [-0.3, -0.25) is 0 Å². The third-order valence-corrected chi connectivity index (χ3v) is 9.46. The fourth-order valence-corrected chi connectivity index (χ4v) is 4.38. The molecule has 0 nitrogen and oxygen atoms in total. The summed E-state index contributed by atoms with van der Waals surface area (Å²) in [6.07, 6.45) is 18.8. The summed E-state index contributed by atoms with van der Waals surface area (Å²) < 4.78 is 13.4. The van der Waals surface area contributed by atoms with Crippen LogP contribution in [-0.4, -0.2) is 5.67 Å². The van der Waals surface area contributed by atoms with Gasteiger partial charge in [-0.25, -0.2) is 4.39 Å². The zero-order valence-corrected chi connectivity index (χ0v) is 44.5. The second kappa shape index (κ2) is 47.6. The Morgan fingerprint density at radius 3 is 1.32 bits per heavy atom. The number of benzene rings is 2. The van der Waals surface area contributed by atoms with E-state index in [4.69, 9.17) is 6.42 Å². The van der Waals surface area contributed by atoms with E-state index >= 15 is 0 Å². The average Bonchev–Trinajstić information content (AvgIpc) is 3.18. The van der Waals surface area contributed by atoms with Crippen molar-refractivity contribution in [3.05, 3.63) is 112 Å². The fourth-order valence-electron chi connectivity index (χ4n) is 4.38. The number of allylic oxidation sites excluding steroid dienone is 5. The lowest BCUT2D eigenvalue weighted by atomic mass is 9.87. The highest BCUT2D eigenvalue weighted by molar-refractivity contribution is 5.73. The molecule has 344 valence electrons. The van der Waals surface area contributed by atoms with Crippen LogP contribution in [0.4, 0.5) is 4.39 Å². The molecule has 59 heavy (non-hydrogen) atoms. The smallest absolute Gasteiger partial charge is 0.110 e. The van der Waals surface area contributed by atoms with E-state index < -0.39 is 5.67 Å². The summed E-state index contributed by atoms with van der Waals surface area (Å²) in [5.41, 5.74) is 11.3. The van der Waals surface area contributed by atoms with Crippen molar-refractivity contribution in [2.24, 2.45) is 17.8 Å². The Kier molecular flexibility index (Phi) is 56.8. The van der Waals surface area contributed by atoms with Gasteiger partial charge in [0.1, 0.15) is 5.67 Å². The minimum absolute atomic E-state index is 0.211. The number of alkyl halides is 1. The topological polar surface area (TPSA) is 0 Å². The van der Waals surface area contributed by atoms with Gasteiger partial charge in [-0.15, -0.1) is 13.0 Å². The molecule has 0 saturated carbocycles. The Morgan fingerprint density at radius 2 is 1.08 bits per heavy atom. The molecule has 0 aliphatic carbocycles. The van der Waals surface area contributed by atoms with Crippen LogP contribution < -0.4 is 0 Å². The Hall–Kier alpha value is -3.11. The largest absolute Gasteiger partial charge is 0.244 e. The highest BCUT2D eigenvalue weighted by atomic mass is 19.1. The van der Waals surface area contributed by atoms with Crippen molar-refractivity contribution in [2.45, 2.75) is 223 Å². The van der Waals surface area contributed by atoms with Gasteiger partial charge in [-0.2, -0.15) is 0 Å². The normalized spacial score (nSPS) is 10.8.